The van der Waals surface area contributed by atoms with Crippen molar-refractivity contribution in [1.82, 2.24) is 24.8 Å². The number of nitrogens with zero attached hydrogens (tertiary/aromatic N) is 6. The van der Waals surface area contributed by atoms with Crippen molar-refractivity contribution < 1.29 is 9.53 Å². The molecule has 206 valence electrons. The van der Waals surface area contributed by atoms with Crippen LogP contribution in [0.4, 0.5) is 23.3 Å². The van der Waals surface area contributed by atoms with Gasteiger partial charge in [0.15, 0.2) is 0 Å². The molecule has 0 saturated carbocycles. The molecule has 4 N–H and O–H groups in total. The largest absolute Gasteiger partial charge is 0.492 e. The molecule has 0 aliphatic carbocycles. The molecule has 1 aromatic carbocycles. The van der Waals surface area contributed by atoms with Crippen molar-refractivity contribution in [3.63, 3.8) is 0 Å². The summed E-state index contributed by atoms with van der Waals surface area (Å²) in [7, 11) is 6.12. The van der Waals surface area contributed by atoms with Gasteiger partial charge in [-0.1, -0.05) is 12.1 Å². The van der Waals surface area contributed by atoms with Crippen LogP contribution in [0, 0.1) is 0 Å². The lowest BCUT2D eigenvalue weighted by atomic mass is 10.1. The van der Waals surface area contributed by atoms with Gasteiger partial charge in [-0.15, -0.1) is 0 Å². The predicted octanol–water partition coefficient (Wildman–Crippen LogP) is 3.31. The lowest BCUT2D eigenvalue weighted by Crippen LogP contribution is -2.28. The third kappa shape index (κ3) is 6.26. The van der Waals surface area contributed by atoms with Gasteiger partial charge in [0, 0.05) is 56.6 Å². The topological polar surface area (TPSA) is 134 Å². The molecular weight excluding hydrogens is 506 g/mol. The van der Waals surface area contributed by atoms with Gasteiger partial charge in [0.2, 0.25) is 5.95 Å². The van der Waals surface area contributed by atoms with Crippen LogP contribution in [0.25, 0.3) is 11.3 Å². The van der Waals surface area contributed by atoms with Crippen LogP contribution in [0.2, 0.25) is 0 Å². The average Bonchev–Trinajstić information content (AvgIpc) is 3.45. The number of amides is 1. The predicted molar refractivity (Wildman–Crippen MR) is 157 cm³/mol. The van der Waals surface area contributed by atoms with Gasteiger partial charge in [-0.05, 0) is 50.0 Å². The maximum Gasteiger partial charge on any atom is 0.256 e. The van der Waals surface area contributed by atoms with Gasteiger partial charge in [-0.3, -0.25) is 4.79 Å². The lowest BCUT2D eigenvalue weighted by Gasteiger charge is -2.21. The molecule has 0 saturated heterocycles. The number of benzene rings is 1. The van der Waals surface area contributed by atoms with Gasteiger partial charge in [-0.25, -0.2) is 19.9 Å². The second kappa shape index (κ2) is 12.0. The summed E-state index contributed by atoms with van der Waals surface area (Å²) in [5, 5.41) is 6.29. The number of hydrogen-bond acceptors (Lipinski definition) is 10. The van der Waals surface area contributed by atoms with E-state index in [1.165, 1.54) is 0 Å². The number of aromatic nitrogens is 4. The van der Waals surface area contributed by atoms with Gasteiger partial charge in [0.1, 0.15) is 17.4 Å². The summed E-state index contributed by atoms with van der Waals surface area (Å²) in [5.74, 6) is 1.98. The fraction of sp³-hybridized carbons (Fsp3) is 0.276. The van der Waals surface area contributed by atoms with Crippen LogP contribution in [0.5, 0.6) is 5.75 Å². The van der Waals surface area contributed by atoms with E-state index in [4.69, 9.17) is 10.5 Å². The van der Waals surface area contributed by atoms with Gasteiger partial charge < -0.3 is 30.9 Å². The van der Waals surface area contributed by atoms with Crippen molar-refractivity contribution in [2.75, 3.05) is 62.1 Å². The maximum atomic E-state index is 13.0. The highest BCUT2D eigenvalue weighted by Crippen LogP contribution is 2.39. The smallest absolute Gasteiger partial charge is 0.256 e. The standard InChI is InChI=1S/C29H33N9O2/c1-37(2)12-13-38(3)21-7-8-25(32-17-21)36-28(39)20-6-4-5-19(15-20)16-33-27-22-10-14-40-26(22)23(18-34-27)24-9-11-31-29(30)35-24/h4-9,11,15,17-18H,10,12-14,16H2,1-3H3,(H,33,34)(H2,30,31,35)(H,32,36,39). The van der Waals surface area contributed by atoms with E-state index >= 15 is 0 Å². The molecule has 11 heteroatoms. The maximum absolute atomic E-state index is 13.0. The summed E-state index contributed by atoms with van der Waals surface area (Å²) in [6.45, 7) is 2.89. The lowest BCUT2D eigenvalue weighted by molar-refractivity contribution is 0.102. The Labute approximate surface area is 233 Å². The number of nitrogen functional groups attached to an aromatic ring is 1. The summed E-state index contributed by atoms with van der Waals surface area (Å²) in [4.78, 5) is 34.5. The highest BCUT2D eigenvalue weighted by atomic mass is 16.5. The Balaban J connectivity index is 1.23. The molecule has 0 spiro atoms. The summed E-state index contributed by atoms with van der Waals surface area (Å²) in [6, 6.07) is 13.0. The van der Waals surface area contributed by atoms with Gasteiger partial charge in [-0.2, -0.15) is 0 Å². The van der Waals surface area contributed by atoms with Crippen molar-refractivity contribution in [2.45, 2.75) is 13.0 Å². The zero-order valence-corrected chi connectivity index (χ0v) is 22.9. The van der Waals surface area contributed by atoms with E-state index in [0.717, 1.165) is 53.5 Å². The molecule has 0 bridgehead atoms. The van der Waals surface area contributed by atoms with Crippen molar-refractivity contribution in [1.29, 1.82) is 0 Å². The van der Waals surface area contributed by atoms with E-state index in [-0.39, 0.29) is 11.9 Å². The van der Waals surface area contributed by atoms with E-state index < -0.39 is 0 Å². The van der Waals surface area contributed by atoms with E-state index in [2.05, 4.69) is 40.4 Å². The first-order valence-corrected chi connectivity index (χ1v) is 13.1. The molecule has 4 aromatic rings. The first-order valence-electron chi connectivity index (χ1n) is 13.1. The molecule has 1 amide bonds. The number of hydrogen-bond donors (Lipinski definition) is 3. The average molecular weight is 540 g/mol. The van der Waals surface area contributed by atoms with Crippen LogP contribution in [-0.4, -0.2) is 71.6 Å². The summed E-state index contributed by atoms with van der Waals surface area (Å²) in [6.07, 6.45) is 5.85. The fourth-order valence-corrected chi connectivity index (χ4v) is 4.41. The zero-order valence-electron chi connectivity index (χ0n) is 22.9. The van der Waals surface area contributed by atoms with Gasteiger partial charge >= 0.3 is 0 Å². The minimum absolute atomic E-state index is 0.200. The van der Waals surface area contributed by atoms with E-state index in [1.807, 2.05) is 51.5 Å². The Kier molecular flexibility index (Phi) is 8.02. The Hall–Kier alpha value is -4.77. The molecule has 11 nitrogen and oxygen atoms in total. The molecule has 4 heterocycles. The first-order chi connectivity index (χ1) is 19.4. The van der Waals surface area contributed by atoms with Crippen LogP contribution in [0.1, 0.15) is 21.5 Å². The van der Waals surface area contributed by atoms with Crippen molar-refractivity contribution in [2.24, 2.45) is 0 Å². The number of rotatable bonds is 10. The minimum Gasteiger partial charge on any atom is -0.492 e. The van der Waals surface area contributed by atoms with Gasteiger partial charge in [0.05, 0.1) is 29.7 Å². The monoisotopic (exact) mass is 539 g/mol. The molecule has 0 radical (unpaired) electrons. The number of ether oxygens (including phenoxy) is 1. The van der Waals surface area contributed by atoms with Crippen LogP contribution in [-0.2, 0) is 13.0 Å². The number of carbonyl (C=O) groups is 1. The SMILES string of the molecule is CN(C)CCN(C)c1ccc(NC(=O)c2cccc(CNc3ncc(-c4ccnc(N)n4)c4c3CCO4)c2)nc1. The Bertz CT molecular complexity index is 1490. The molecule has 0 fully saturated rings. The Morgan fingerprint density at radius 2 is 1.93 bits per heavy atom. The highest BCUT2D eigenvalue weighted by molar-refractivity contribution is 6.03. The summed E-state index contributed by atoms with van der Waals surface area (Å²) in [5.41, 5.74) is 10.7. The number of nitrogens with two attached hydrogens (primary N) is 1. The minimum atomic E-state index is -0.219. The Morgan fingerprint density at radius 1 is 1.05 bits per heavy atom. The quantitative estimate of drug-likeness (QED) is 0.275. The zero-order chi connectivity index (χ0) is 28.1. The second-order valence-corrected chi connectivity index (χ2v) is 9.86. The molecule has 1 aliphatic rings. The number of fused-ring (bicyclic) bond motifs is 1. The van der Waals surface area contributed by atoms with E-state index in [1.54, 1.807) is 30.7 Å². The summed E-state index contributed by atoms with van der Waals surface area (Å²) < 4.78 is 5.92. The molecule has 0 unspecified atom stereocenters. The molecule has 5 rings (SSSR count). The number of nitrogens with one attached hydrogen (secondary N) is 2. The molecule has 40 heavy (non-hydrogen) atoms. The first kappa shape index (κ1) is 26.8. The molecule has 3 aromatic heterocycles. The van der Waals surface area contributed by atoms with Crippen molar-refractivity contribution in [3.05, 3.63) is 77.7 Å². The number of pyridine rings is 2. The van der Waals surface area contributed by atoms with E-state index in [0.29, 0.717) is 30.2 Å². The van der Waals surface area contributed by atoms with Crippen molar-refractivity contribution in [3.8, 4) is 17.0 Å². The second-order valence-electron chi connectivity index (χ2n) is 9.86. The van der Waals surface area contributed by atoms with Crippen LogP contribution < -0.4 is 26.0 Å². The highest BCUT2D eigenvalue weighted by Gasteiger charge is 2.23. The normalized spacial score (nSPS) is 12.1. The van der Waals surface area contributed by atoms with E-state index in [9.17, 15) is 4.79 Å². The third-order valence-corrected chi connectivity index (χ3v) is 6.64. The third-order valence-electron chi connectivity index (χ3n) is 6.64. The summed E-state index contributed by atoms with van der Waals surface area (Å²) >= 11 is 0. The van der Waals surface area contributed by atoms with Crippen LogP contribution in [0.3, 0.4) is 0 Å². The van der Waals surface area contributed by atoms with Crippen LogP contribution in [0.15, 0.2) is 61.1 Å². The van der Waals surface area contributed by atoms with Gasteiger partial charge in [0.25, 0.3) is 5.91 Å². The van der Waals surface area contributed by atoms with Crippen molar-refractivity contribution >= 4 is 29.2 Å². The van der Waals surface area contributed by atoms with Crippen LogP contribution >= 0.6 is 0 Å². The molecule has 0 atom stereocenters. The fourth-order valence-electron chi connectivity index (χ4n) is 4.41. The Morgan fingerprint density at radius 3 is 2.70 bits per heavy atom. The molecular formula is C29H33N9O2. The number of carbonyl (C=O) groups excluding carboxylic acids is 1. The number of anilines is 4. The molecule has 1 aliphatic heterocycles. The number of likely N-dealkylation sites (N-methyl/N-ethyl adjacent to an activating group) is 2.